The number of fused-ring (bicyclic) bond motifs is 1. The minimum atomic E-state index is -3.68. The Kier molecular flexibility index (Phi) is 5.77. The second-order valence-electron chi connectivity index (χ2n) is 8.71. The van der Waals surface area contributed by atoms with Crippen molar-refractivity contribution in [1.82, 2.24) is 14.2 Å². The molecule has 0 spiro atoms. The smallest absolute Gasteiger partial charge is 0.243 e. The number of piperidine rings is 1. The SMILES string of the molecule is Cc1ccc(S(=O)(=O)N2CCCC2C(=O)N2CCC(c3nc4ccccc4s3)CC2)cc1. The Morgan fingerprint density at radius 3 is 2.44 bits per heavy atom. The number of benzene rings is 2. The van der Waals surface area contributed by atoms with E-state index in [0.29, 0.717) is 38.4 Å². The summed E-state index contributed by atoms with van der Waals surface area (Å²) in [5.74, 6) is 0.299. The molecule has 2 aromatic carbocycles. The van der Waals surface area contributed by atoms with Crippen LogP contribution in [0, 0.1) is 6.92 Å². The van der Waals surface area contributed by atoms with Crippen LogP contribution in [0.5, 0.6) is 0 Å². The summed E-state index contributed by atoms with van der Waals surface area (Å²) in [6.45, 7) is 3.62. The Balaban J connectivity index is 1.27. The van der Waals surface area contributed by atoms with Crippen molar-refractivity contribution in [3.63, 3.8) is 0 Å². The molecule has 2 aliphatic heterocycles. The molecule has 0 N–H and O–H groups in total. The Hall–Kier alpha value is -2.29. The molecule has 1 unspecified atom stereocenters. The van der Waals surface area contributed by atoms with Crippen LogP contribution in [0.15, 0.2) is 53.4 Å². The number of amides is 1. The Morgan fingerprint density at radius 1 is 1.00 bits per heavy atom. The standard InChI is InChI=1S/C24H27N3O3S2/c1-17-8-10-19(11-9-17)32(29,30)27-14-4-6-21(27)24(28)26-15-12-18(13-16-26)23-25-20-5-2-3-7-22(20)31-23/h2-3,5,7-11,18,21H,4,6,12-16H2,1H3. The number of aryl methyl sites for hydroxylation is 1. The molecule has 5 rings (SSSR count). The fourth-order valence-corrected chi connectivity index (χ4v) is 7.53. The van der Waals surface area contributed by atoms with Gasteiger partial charge in [-0.2, -0.15) is 4.31 Å². The lowest BCUT2D eigenvalue weighted by molar-refractivity contribution is -0.135. The minimum Gasteiger partial charge on any atom is -0.341 e. The minimum absolute atomic E-state index is 0.0547. The van der Waals surface area contributed by atoms with Gasteiger partial charge in [-0.3, -0.25) is 4.79 Å². The number of carbonyl (C=O) groups excluding carboxylic acids is 1. The number of para-hydroxylation sites is 1. The van der Waals surface area contributed by atoms with E-state index in [2.05, 4.69) is 6.07 Å². The maximum atomic E-state index is 13.3. The molecule has 168 valence electrons. The van der Waals surface area contributed by atoms with Crippen molar-refractivity contribution in [2.45, 2.75) is 49.5 Å². The second-order valence-corrected chi connectivity index (χ2v) is 11.7. The molecule has 0 bridgehead atoms. The number of sulfonamides is 1. The Morgan fingerprint density at radius 2 is 1.72 bits per heavy atom. The van der Waals surface area contributed by atoms with Crippen LogP contribution in [0.4, 0.5) is 0 Å². The van der Waals surface area contributed by atoms with E-state index in [-0.39, 0.29) is 10.8 Å². The van der Waals surface area contributed by atoms with Crippen molar-refractivity contribution in [3.05, 3.63) is 59.1 Å². The van der Waals surface area contributed by atoms with Crippen LogP contribution in [0.1, 0.15) is 42.2 Å². The van der Waals surface area contributed by atoms with Crippen molar-refractivity contribution < 1.29 is 13.2 Å². The summed E-state index contributed by atoms with van der Waals surface area (Å²) in [6, 6.07) is 14.4. The maximum Gasteiger partial charge on any atom is 0.243 e. The van der Waals surface area contributed by atoms with E-state index < -0.39 is 16.1 Å². The fraction of sp³-hybridized carbons (Fsp3) is 0.417. The Labute approximate surface area is 192 Å². The van der Waals surface area contributed by atoms with Gasteiger partial charge in [0.25, 0.3) is 0 Å². The van der Waals surface area contributed by atoms with Crippen LogP contribution >= 0.6 is 11.3 Å². The van der Waals surface area contributed by atoms with Gasteiger partial charge in [0, 0.05) is 25.6 Å². The first-order chi connectivity index (χ1) is 15.4. The molecule has 32 heavy (non-hydrogen) atoms. The van der Waals surface area contributed by atoms with E-state index in [1.807, 2.05) is 30.0 Å². The highest BCUT2D eigenvalue weighted by Crippen LogP contribution is 2.35. The third kappa shape index (κ3) is 3.95. The topological polar surface area (TPSA) is 70.6 Å². The summed E-state index contributed by atoms with van der Waals surface area (Å²) < 4.78 is 29.0. The Bertz CT molecular complexity index is 1200. The van der Waals surface area contributed by atoms with Gasteiger partial charge >= 0.3 is 0 Å². The molecular weight excluding hydrogens is 442 g/mol. The average Bonchev–Trinajstić information content (AvgIpc) is 3.47. The molecule has 2 fully saturated rings. The first-order valence-corrected chi connectivity index (χ1v) is 13.4. The monoisotopic (exact) mass is 469 g/mol. The van der Waals surface area contributed by atoms with Crippen LogP contribution in [-0.4, -0.2) is 54.2 Å². The highest BCUT2D eigenvalue weighted by Gasteiger charge is 2.41. The number of nitrogens with zero attached hydrogens (tertiary/aromatic N) is 3. The zero-order valence-electron chi connectivity index (χ0n) is 18.1. The number of thiazole rings is 1. The zero-order chi connectivity index (χ0) is 22.3. The van der Waals surface area contributed by atoms with E-state index in [9.17, 15) is 13.2 Å². The summed E-state index contributed by atoms with van der Waals surface area (Å²) in [7, 11) is -3.68. The molecule has 3 aromatic rings. The molecular formula is C24H27N3O3S2. The van der Waals surface area contributed by atoms with Crippen LogP contribution < -0.4 is 0 Å². The number of hydrogen-bond donors (Lipinski definition) is 0. The van der Waals surface area contributed by atoms with Crippen LogP contribution in [-0.2, 0) is 14.8 Å². The molecule has 0 radical (unpaired) electrons. The van der Waals surface area contributed by atoms with Crippen molar-refractivity contribution in [1.29, 1.82) is 0 Å². The molecule has 1 amide bonds. The predicted molar refractivity (Wildman–Crippen MR) is 126 cm³/mol. The third-order valence-electron chi connectivity index (χ3n) is 6.58. The van der Waals surface area contributed by atoms with Gasteiger partial charge in [-0.1, -0.05) is 29.8 Å². The van der Waals surface area contributed by atoms with Gasteiger partial charge in [-0.05, 0) is 56.9 Å². The lowest BCUT2D eigenvalue weighted by Crippen LogP contribution is -2.49. The summed E-state index contributed by atoms with van der Waals surface area (Å²) in [6.07, 6.45) is 3.03. The summed E-state index contributed by atoms with van der Waals surface area (Å²) in [5, 5.41) is 1.14. The van der Waals surface area contributed by atoms with E-state index in [0.717, 1.165) is 28.9 Å². The zero-order valence-corrected chi connectivity index (χ0v) is 19.7. The van der Waals surface area contributed by atoms with Crippen molar-refractivity contribution in [3.8, 4) is 0 Å². The first kappa shape index (κ1) is 21.6. The quantitative estimate of drug-likeness (QED) is 0.575. The van der Waals surface area contributed by atoms with Crippen LogP contribution in [0.3, 0.4) is 0 Å². The van der Waals surface area contributed by atoms with E-state index in [4.69, 9.17) is 4.98 Å². The molecule has 1 atom stereocenters. The van der Waals surface area contributed by atoms with Gasteiger partial charge in [-0.25, -0.2) is 13.4 Å². The summed E-state index contributed by atoms with van der Waals surface area (Å²) >= 11 is 1.74. The van der Waals surface area contributed by atoms with E-state index in [1.165, 1.54) is 9.01 Å². The largest absolute Gasteiger partial charge is 0.341 e. The molecule has 3 heterocycles. The van der Waals surface area contributed by atoms with Gasteiger partial charge in [0.15, 0.2) is 0 Å². The molecule has 2 aliphatic rings. The third-order valence-corrected chi connectivity index (χ3v) is 9.70. The molecule has 0 aliphatic carbocycles. The van der Waals surface area contributed by atoms with Crippen molar-refractivity contribution in [2.24, 2.45) is 0 Å². The number of hydrogen-bond acceptors (Lipinski definition) is 5. The lowest BCUT2D eigenvalue weighted by Gasteiger charge is -2.34. The molecule has 8 heteroatoms. The predicted octanol–water partition coefficient (Wildman–Crippen LogP) is 4.16. The van der Waals surface area contributed by atoms with Crippen LogP contribution in [0.25, 0.3) is 10.2 Å². The molecule has 0 saturated carbocycles. The van der Waals surface area contributed by atoms with Crippen LogP contribution in [0.2, 0.25) is 0 Å². The second kappa shape index (κ2) is 8.57. The highest BCUT2D eigenvalue weighted by atomic mass is 32.2. The van der Waals surface area contributed by atoms with Crippen molar-refractivity contribution >= 4 is 37.5 Å². The number of rotatable bonds is 4. The number of aromatic nitrogens is 1. The van der Waals surface area contributed by atoms with E-state index >= 15 is 0 Å². The number of likely N-dealkylation sites (tertiary alicyclic amines) is 1. The van der Waals surface area contributed by atoms with E-state index in [1.54, 1.807) is 35.6 Å². The molecule has 6 nitrogen and oxygen atoms in total. The highest BCUT2D eigenvalue weighted by molar-refractivity contribution is 7.89. The lowest BCUT2D eigenvalue weighted by atomic mass is 9.97. The molecule has 1 aromatic heterocycles. The van der Waals surface area contributed by atoms with Gasteiger partial charge in [-0.15, -0.1) is 11.3 Å². The van der Waals surface area contributed by atoms with Crippen molar-refractivity contribution in [2.75, 3.05) is 19.6 Å². The van der Waals surface area contributed by atoms with Gasteiger partial charge in [0.05, 0.1) is 20.1 Å². The first-order valence-electron chi connectivity index (χ1n) is 11.2. The maximum absolute atomic E-state index is 13.3. The average molecular weight is 470 g/mol. The molecule has 2 saturated heterocycles. The fourth-order valence-electron chi connectivity index (χ4n) is 4.74. The van der Waals surface area contributed by atoms with Gasteiger partial charge in [0.2, 0.25) is 15.9 Å². The summed E-state index contributed by atoms with van der Waals surface area (Å²) in [5.41, 5.74) is 2.04. The summed E-state index contributed by atoms with van der Waals surface area (Å²) in [4.78, 5) is 20.2. The normalized spacial score (nSPS) is 20.8. The van der Waals surface area contributed by atoms with Gasteiger partial charge < -0.3 is 4.90 Å². The van der Waals surface area contributed by atoms with Gasteiger partial charge in [0.1, 0.15) is 6.04 Å². The number of carbonyl (C=O) groups is 1.